The number of hydrogen-bond donors (Lipinski definition) is 4. The molecule has 1 atom stereocenters. The van der Waals surface area contributed by atoms with E-state index in [1.54, 1.807) is 6.07 Å². The van der Waals surface area contributed by atoms with Crippen LogP contribution in [0.15, 0.2) is 29.2 Å². The average molecular weight is 317 g/mol. The fraction of sp³-hybridized carbons (Fsp3) is 0.200. The molecule has 0 saturated carbocycles. The molecule has 0 aliphatic rings. The van der Waals surface area contributed by atoms with Crippen molar-refractivity contribution in [2.24, 2.45) is 0 Å². The highest BCUT2D eigenvalue weighted by Gasteiger charge is 2.17. The number of pyridine rings is 1. The number of nitrogens with one attached hydrogen (secondary N) is 3. The molecule has 0 saturated heterocycles. The largest absolute Gasteiger partial charge is 0.477 e. The Kier molecular flexibility index (Phi) is 4.44. The molecular weight excluding hydrogens is 302 g/mol. The molecule has 0 radical (unpaired) electrons. The van der Waals surface area contributed by atoms with Gasteiger partial charge < -0.3 is 20.7 Å². The smallest absolute Gasteiger partial charge is 0.341 e. The summed E-state index contributed by atoms with van der Waals surface area (Å²) in [5, 5.41) is 14.2. The maximum absolute atomic E-state index is 12.1. The van der Waals surface area contributed by atoms with Crippen LogP contribution < -0.4 is 16.1 Å². The lowest BCUT2D eigenvalue weighted by Crippen LogP contribution is -2.40. The Labute approximate surface area is 130 Å². The quantitative estimate of drug-likeness (QED) is 0.659. The number of H-pyrrole nitrogens is 1. The minimum atomic E-state index is -1.33. The number of fused-ring (bicyclic) bond motifs is 1. The summed E-state index contributed by atoms with van der Waals surface area (Å²) in [4.78, 5) is 48.8. The van der Waals surface area contributed by atoms with Gasteiger partial charge in [0.25, 0.3) is 0 Å². The summed E-state index contributed by atoms with van der Waals surface area (Å²) >= 11 is 0. The second-order valence-electron chi connectivity index (χ2n) is 4.98. The van der Waals surface area contributed by atoms with Crippen LogP contribution in [-0.2, 0) is 9.59 Å². The van der Waals surface area contributed by atoms with Gasteiger partial charge in [0.15, 0.2) is 0 Å². The highest BCUT2D eigenvalue weighted by atomic mass is 16.4. The number of para-hydroxylation sites is 1. The molecule has 120 valence electrons. The summed E-state index contributed by atoms with van der Waals surface area (Å²) in [6, 6.07) is 3.81. The minimum absolute atomic E-state index is 0.148. The third-order valence-electron chi connectivity index (χ3n) is 3.22. The van der Waals surface area contributed by atoms with E-state index in [2.05, 4.69) is 15.6 Å². The molecule has 1 aromatic heterocycles. The van der Waals surface area contributed by atoms with E-state index in [-0.39, 0.29) is 16.9 Å². The lowest BCUT2D eigenvalue weighted by molar-refractivity contribution is -0.124. The van der Waals surface area contributed by atoms with E-state index in [0.717, 1.165) is 6.20 Å². The third kappa shape index (κ3) is 3.37. The summed E-state index contributed by atoms with van der Waals surface area (Å²) < 4.78 is 0. The van der Waals surface area contributed by atoms with Gasteiger partial charge in [-0.1, -0.05) is 6.07 Å². The van der Waals surface area contributed by atoms with Crippen LogP contribution in [0.3, 0.4) is 0 Å². The maximum atomic E-state index is 12.1. The van der Waals surface area contributed by atoms with Gasteiger partial charge in [-0.2, -0.15) is 0 Å². The van der Waals surface area contributed by atoms with Crippen molar-refractivity contribution in [3.8, 4) is 0 Å². The number of hydrogen-bond acceptors (Lipinski definition) is 4. The molecule has 8 heteroatoms. The second-order valence-corrected chi connectivity index (χ2v) is 4.98. The van der Waals surface area contributed by atoms with Gasteiger partial charge in [0.1, 0.15) is 11.6 Å². The van der Waals surface area contributed by atoms with Crippen LogP contribution in [0.25, 0.3) is 10.9 Å². The van der Waals surface area contributed by atoms with Crippen LogP contribution in [0.5, 0.6) is 0 Å². The predicted octanol–water partition coefficient (Wildman–Crippen LogP) is 0.689. The molecule has 0 spiro atoms. The van der Waals surface area contributed by atoms with Gasteiger partial charge >= 0.3 is 5.97 Å². The highest BCUT2D eigenvalue weighted by molar-refractivity contribution is 6.04. The zero-order valence-electron chi connectivity index (χ0n) is 12.5. The number of aromatic carboxylic acids is 1. The molecule has 1 unspecified atom stereocenters. The molecular formula is C15H15N3O5. The molecule has 0 aliphatic carbocycles. The van der Waals surface area contributed by atoms with Crippen molar-refractivity contribution in [2.75, 3.05) is 5.32 Å². The molecule has 0 aliphatic heterocycles. The van der Waals surface area contributed by atoms with E-state index in [4.69, 9.17) is 5.11 Å². The van der Waals surface area contributed by atoms with Gasteiger partial charge in [0, 0.05) is 18.5 Å². The summed E-state index contributed by atoms with van der Waals surface area (Å²) in [5.41, 5.74) is -0.394. The van der Waals surface area contributed by atoms with E-state index in [1.165, 1.54) is 26.0 Å². The maximum Gasteiger partial charge on any atom is 0.341 e. The van der Waals surface area contributed by atoms with E-state index >= 15 is 0 Å². The zero-order valence-corrected chi connectivity index (χ0v) is 12.5. The van der Waals surface area contributed by atoms with Crippen molar-refractivity contribution in [2.45, 2.75) is 19.9 Å². The van der Waals surface area contributed by atoms with Gasteiger partial charge in [0.2, 0.25) is 17.2 Å². The number of carbonyl (C=O) groups excluding carboxylic acids is 2. The normalized spacial score (nSPS) is 11.7. The third-order valence-corrected chi connectivity index (χ3v) is 3.22. The number of aromatic amines is 1. The second kappa shape index (κ2) is 6.30. The van der Waals surface area contributed by atoms with E-state index in [1.807, 2.05) is 0 Å². The number of carbonyl (C=O) groups is 3. The molecule has 8 nitrogen and oxygen atoms in total. The van der Waals surface area contributed by atoms with Gasteiger partial charge in [-0.25, -0.2) is 4.79 Å². The standard InChI is InChI=1S/C15H15N3O5/c1-7(17-8(2)19)14(21)18-11-5-3-4-9-12(11)16-6-10(13(9)20)15(22)23/h3-7H,1-2H3,(H,16,20)(H,17,19)(H,18,21)(H,22,23). The first-order valence-corrected chi connectivity index (χ1v) is 6.77. The summed E-state index contributed by atoms with van der Waals surface area (Å²) in [6.07, 6.45) is 1.08. The van der Waals surface area contributed by atoms with Crippen LogP contribution in [0.2, 0.25) is 0 Å². The predicted molar refractivity (Wildman–Crippen MR) is 83.4 cm³/mol. The van der Waals surface area contributed by atoms with E-state index in [0.29, 0.717) is 11.2 Å². The molecule has 1 aromatic carbocycles. The van der Waals surface area contributed by atoms with Gasteiger partial charge in [-0.15, -0.1) is 0 Å². The fourth-order valence-electron chi connectivity index (χ4n) is 2.13. The Hall–Kier alpha value is -3.16. The minimum Gasteiger partial charge on any atom is -0.477 e. The number of carboxylic acids is 1. The first kappa shape index (κ1) is 16.2. The van der Waals surface area contributed by atoms with Crippen molar-refractivity contribution in [3.63, 3.8) is 0 Å². The lowest BCUT2D eigenvalue weighted by Gasteiger charge is -2.14. The fourth-order valence-corrected chi connectivity index (χ4v) is 2.13. The van der Waals surface area contributed by atoms with Crippen molar-refractivity contribution < 1.29 is 19.5 Å². The van der Waals surface area contributed by atoms with Crippen LogP contribution in [0.4, 0.5) is 5.69 Å². The Morgan fingerprint density at radius 2 is 1.96 bits per heavy atom. The number of benzene rings is 1. The van der Waals surface area contributed by atoms with Gasteiger partial charge in [-0.3, -0.25) is 14.4 Å². The molecule has 1 heterocycles. The van der Waals surface area contributed by atoms with Gasteiger partial charge in [-0.05, 0) is 19.1 Å². The molecule has 23 heavy (non-hydrogen) atoms. The highest BCUT2D eigenvalue weighted by Crippen LogP contribution is 2.19. The Morgan fingerprint density at radius 1 is 1.26 bits per heavy atom. The molecule has 4 N–H and O–H groups in total. The zero-order chi connectivity index (χ0) is 17.1. The summed E-state index contributed by atoms with van der Waals surface area (Å²) in [6.45, 7) is 2.82. The van der Waals surface area contributed by atoms with Crippen molar-refractivity contribution in [3.05, 3.63) is 40.2 Å². The van der Waals surface area contributed by atoms with Gasteiger partial charge in [0.05, 0.1) is 11.2 Å². The summed E-state index contributed by atoms with van der Waals surface area (Å²) in [7, 11) is 0. The van der Waals surface area contributed by atoms with Crippen molar-refractivity contribution in [1.29, 1.82) is 0 Å². The van der Waals surface area contributed by atoms with Crippen LogP contribution in [-0.4, -0.2) is 33.9 Å². The molecule has 0 bridgehead atoms. The topological polar surface area (TPSA) is 128 Å². The average Bonchev–Trinajstić information content (AvgIpc) is 2.47. The molecule has 2 aromatic rings. The monoisotopic (exact) mass is 317 g/mol. The van der Waals surface area contributed by atoms with Crippen molar-refractivity contribution in [1.82, 2.24) is 10.3 Å². The first-order valence-electron chi connectivity index (χ1n) is 6.77. The van der Waals surface area contributed by atoms with Crippen LogP contribution in [0.1, 0.15) is 24.2 Å². The van der Waals surface area contributed by atoms with Crippen molar-refractivity contribution >= 4 is 34.4 Å². The molecule has 2 rings (SSSR count). The van der Waals surface area contributed by atoms with E-state index < -0.39 is 23.3 Å². The Morgan fingerprint density at radius 3 is 2.57 bits per heavy atom. The van der Waals surface area contributed by atoms with Crippen LogP contribution in [0, 0.1) is 0 Å². The Balaban J connectivity index is 2.41. The number of amides is 2. The molecule has 2 amide bonds. The van der Waals surface area contributed by atoms with Crippen LogP contribution >= 0.6 is 0 Å². The number of rotatable bonds is 4. The van der Waals surface area contributed by atoms with E-state index in [9.17, 15) is 19.2 Å². The summed E-state index contributed by atoms with van der Waals surface area (Å²) in [5.74, 6) is -2.14. The number of anilines is 1. The number of carboxylic acid groups (broad SMARTS) is 1. The Bertz CT molecular complexity index is 856. The molecule has 0 fully saturated rings. The first-order chi connectivity index (χ1) is 10.8. The SMILES string of the molecule is CC(=O)NC(C)C(=O)Nc1cccc2c(=O)c(C(=O)O)c[nH]c12. The number of aromatic nitrogens is 1. The lowest BCUT2D eigenvalue weighted by atomic mass is 10.1.